The number of aromatic nitrogens is 1. The van der Waals surface area contributed by atoms with Crippen LogP contribution in [-0.2, 0) is 17.0 Å². The summed E-state index contributed by atoms with van der Waals surface area (Å²) in [6.07, 6.45) is -3.85. The summed E-state index contributed by atoms with van der Waals surface area (Å²) in [6, 6.07) is 0. The van der Waals surface area contributed by atoms with Crippen molar-refractivity contribution in [1.29, 1.82) is 0 Å². The quantitative estimate of drug-likeness (QED) is 0.428. The number of thiazole rings is 1. The number of hydrogen-bond donors (Lipinski definition) is 0. The van der Waals surface area contributed by atoms with E-state index in [1.54, 1.807) is 0 Å². The van der Waals surface area contributed by atoms with Gasteiger partial charge < -0.3 is 4.43 Å². The molecular formula is C16H26F3NO2SSi. The Morgan fingerprint density at radius 2 is 1.62 bits per heavy atom. The molecule has 0 aliphatic heterocycles. The van der Waals surface area contributed by atoms with Gasteiger partial charge in [-0.15, -0.1) is 11.3 Å². The Morgan fingerprint density at radius 3 is 2.00 bits per heavy atom. The molecule has 0 amide bonds. The third-order valence-electron chi connectivity index (χ3n) is 4.47. The van der Waals surface area contributed by atoms with E-state index in [1.165, 1.54) is 0 Å². The van der Waals surface area contributed by atoms with E-state index in [2.05, 4.69) is 46.5 Å². The molecule has 24 heavy (non-hydrogen) atoms. The highest BCUT2D eigenvalue weighted by atomic mass is 32.1. The summed E-state index contributed by atoms with van der Waals surface area (Å²) in [5.74, 6) is 0. The standard InChI is InChI=1S/C16H26F3NO2SSi/c1-10(2)24(11(3)4,12(5)6)22-8-7-14-13(9-21)20-15(23-14)16(17,18)19/h9-12H,7-8H2,1-6H3. The summed E-state index contributed by atoms with van der Waals surface area (Å²) in [7, 11) is -2.07. The molecule has 0 aliphatic carbocycles. The molecule has 0 unspecified atom stereocenters. The fourth-order valence-corrected chi connectivity index (χ4v) is 9.91. The number of aldehydes is 1. The van der Waals surface area contributed by atoms with Gasteiger partial charge in [0.15, 0.2) is 19.6 Å². The second kappa shape index (κ2) is 8.10. The molecular weight excluding hydrogens is 355 g/mol. The lowest BCUT2D eigenvalue weighted by atomic mass is 10.3. The van der Waals surface area contributed by atoms with Gasteiger partial charge >= 0.3 is 6.18 Å². The highest BCUT2D eigenvalue weighted by Gasteiger charge is 2.45. The molecule has 1 aromatic heterocycles. The Balaban J connectivity index is 2.93. The van der Waals surface area contributed by atoms with Crippen LogP contribution in [0.25, 0.3) is 0 Å². The number of rotatable bonds is 8. The fraction of sp³-hybridized carbons (Fsp3) is 0.750. The van der Waals surface area contributed by atoms with Crippen molar-refractivity contribution in [3.05, 3.63) is 15.6 Å². The molecule has 0 radical (unpaired) electrons. The lowest BCUT2D eigenvalue weighted by Crippen LogP contribution is -2.48. The summed E-state index contributed by atoms with van der Waals surface area (Å²) in [5, 5.41) is -0.973. The van der Waals surface area contributed by atoms with Crippen molar-refractivity contribution in [2.24, 2.45) is 0 Å². The molecule has 0 saturated carbocycles. The van der Waals surface area contributed by atoms with E-state index in [4.69, 9.17) is 4.43 Å². The van der Waals surface area contributed by atoms with E-state index in [-0.39, 0.29) is 12.1 Å². The molecule has 0 bridgehead atoms. The molecule has 3 nitrogen and oxygen atoms in total. The molecule has 1 heterocycles. The lowest BCUT2D eigenvalue weighted by molar-refractivity contribution is -0.137. The smallest absolute Gasteiger partial charge is 0.416 e. The van der Waals surface area contributed by atoms with Crippen molar-refractivity contribution in [3.63, 3.8) is 0 Å². The van der Waals surface area contributed by atoms with Crippen LogP contribution in [0.5, 0.6) is 0 Å². The minimum absolute atomic E-state index is 0.123. The maximum absolute atomic E-state index is 12.8. The van der Waals surface area contributed by atoms with Crippen LogP contribution in [0.1, 0.15) is 61.9 Å². The van der Waals surface area contributed by atoms with Crippen molar-refractivity contribution in [1.82, 2.24) is 4.98 Å². The summed E-state index contributed by atoms with van der Waals surface area (Å²) in [4.78, 5) is 14.7. The van der Waals surface area contributed by atoms with Gasteiger partial charge in [-0.1, -0.05) is 41.5 Å². The minimum Gasteiger partial charge on any atom is -0.416 e. The van der Waals surface area contributed by atoms with Crippen molar-refractivity contribution >= 4 is 25.9 Å². The maximum atomic E-state index is 12.8. The van der Waals surface area contributed by atoms with Crippen LogP contribution in [0, 0.1) is 0 Å². The van der Waals surface area contributed by atoms with Crippen LogP contribution < -0.4 is 0 Å². The van der Waals surface area contributed by atoms with Crippen LogP contribution >= 0.6 is 11.3 Å². The molecule has 0 aromatic carbocycles. The van der Waals surface area contributed by atoms with Gasteiger partial charge in [0.25, 0.3) is 0 Å². The van der Waals surface area contributed by atoms with E-state index in [0.29, 0.717) is 45.7 Å². The Kier molecular flexibility index (Phi) is 7.19. The molecule has 1 rings (SSSR count). The molecule has 138 valence electrons. The third-order valence-corrected chi connectivity index (χ3v) is 11.8. The number of carbonyl (C=O) groups is 1. The van der Waals surface area contributed by atoms with Crippen molar-refractivity contribution in [2.45, 2.75) is 70.8 Å². The average Bonchev–Trinajstić information content (AvgIpc) is 2.85. The van der Waals surface area contributed by atoms with Crippen LogP contribution in [0.3, 0.4) is 0 Å². The summed E-state index contributed by atoms with van der Waals surface area (Å²) < 4.78 is 44.6. The normalized spacial score (nSPS) is 13.3. The predicted molar refractivity (Wildman–Crippen MR) is 93.2 cm³/mol. The number of nitrogens with zero attached hydrogens (tertiary/aromatic N) is 1. The van der Waals surface area contributed by atoms with Gasteiger partial charge in [0.05, 0.1) is 0 Å². The Morgan fingerprint density at radius 1 is 1.12 bits per heavy atom. The van der Waals surface area contributed by atoms with Crippen LogP contribution in [0.2, 0.25) is 16.6 Å². The number of halogens is 3. The van der Waals surface area contributed by atoms with E-state index < -0.39 is 19.5 Å². The molecule has 0 aliphatic rings. The second-order valence-corrected chi connectivity index (χ2v) is 13.4. The first-order valence-corrected chi connectivity index (χ1v) is 11.1. The monoisotopic (exact) mass is 381 g/mol. The van der Waals surface area contributed by atoms with E-state index >= 15 is 0 Å². The molecule has 0 spiro atoms. The zero-order chi connectivity index (χ0) is 18.7. The Labute approximate surface area is 146 Å². The first kappa shape index (κ1) is 21.3. The molecule has 0 saturated heterocycles. The summed E-state index contributed by atoms with van der Waals surface area (Å²) >= 11 is 0.535. The van der Waals surface area contributed by atoms with Crippen LogP contribution in [-0.4, -0.2) is 26.2 Å². The highest BCUT2D eigenvalue weighted by molar-refractivity contribution is 7.12. The molecule has 8 heteroatoms. The zero-order valence-electron chi connectivity index (χ0n) is 15.0. The van der Waals surface area contributed by atoms with Gasteiger partial charge in [0.2, 0.25) is 0 Å². The first-order valence-electron chi connectivity index (χ1n) is 8.12. The van der Waals surface area contributed by atoms with Crippen molar-refractivity contribution in [2.75, 3.05) is 6.61 Å². The van der Waals surface area contributed by atoms with Gasteiger partial charge in [-0.25, -0.2) is 4.98 Å². The van der Waals surface area contributed by atoms with Crippen LogP contribution in [0.15, 0.2) is 0 Å². The number of alkyl halides is 3. The van der Waals surface area contributed by atoms with Crippen molar-refractivity contribution in [3.8, 4) is 0 Å². The van der Waals surface area contributed by atoms with E-state index in [1.807, 2.05) is 0 Å². The Hall–Kier alpha value is -0.733. The van der Waals surface area contributed by atoms with Crippen molar-refractivity contribution < 1.29 is 22.4 Å². The largest absolute Gasteiger partial charge is 0.443 e. The zero-order valence-corrected chi connectivity index (χ0v) is 16.8. The first-order chi connectivity index (χ1) is 11.0. The van der Waals surface area contributed by atoms with E-state index in [9.17, 15) is 18.0 Å². The van der Waals surface area contributed by atoms with Gasteiger partial charge in [-0.3, -0.25) is 4.79 Å². The fourth-order valence-electron chi connectivity index (χ4n) is 3.58. The second-order valence-electron chi connectivity index (χ2n) is 6.86. The molecule has 0 N–H and O–H groups in total. The third kappa shape index (κ3) is 4.46. The van der Waals surface area contributed by atoms with Gasteiger partial charge in [0.1, 0.15) is 5.69 Å². The molecule has 0 fully saturated rings. The average molecular weight is 382 g/mol. The highest BCUT2D eigenvalue weighted by Crippen LogP contribution is 2.42. The topological polar surface area (TPSA) is 39.2 Å². The molecule has 0 atom stereocenters. The maximum Gasteiger partial charge on any atom is 0.443 e. The van der Waals surface area contributed by atoms with E-state index in [0.717, 1.165) is 0 Å². The van der Waals surface area contributed by atoms with Gasteiger partial charge in [0, 0.05) is 17.9 Å². The van der Waals surface area contributed by atoms with Gasteiger partial charge in [-0.2, -0.15) is 13.2 Å². The lowest BCUT2D eigenvalue weighted by Gasteiger charge is -2.42. The molecule has 1 aromatic rings. The SMILES string of the molecule is CC(C)[Si](OCCc1sc(C(F)(F)F)nc1C=O)(C(C)C)C(C)C. The Bertz CT molecular complexity index is 534. The summed E-state index contributed by atoms with van der Waals surface area (Å²) in [6.45, 7) is 13.2. The van der Waals surface area contributed by atoms with Crippen LogP contribution in [0.4, 0.5) is 13.2 Å². The minimum atomic E-state index is -4.52. The number of hydrogen-bond acceptors (Lipinski definition) is 4. The van der Waals surface area contributed by atoms with Gasteiger partial charge in [-0.05, 0) is 16.6 Å². The summed E-state index contributed by atoms with van der Waals surface area (Å²) in [5.41, 5.74) is 1.07. The number of carbonyl (C=O) groups excluding carboxylic acids is 1. The predicted octanol–water partition coefficient (Wildman–Crippen LogP) is 5.71.